The molecular formula is C12H14F3N2O+. The zero-order valence-corrected chi connectivity index (χ0v) is 9.90. The third kappa shape index (κ3) is 1.86. The highest BCUT2D eigenvalue weighted by molar-refractivity contribution is 5.99. The lowest BCUT2D eigenvalue weighted by Crippen LogP contribution is -2.67. The number of alkyl halides is 3. The summed E-state index contributed by atoms with van der Waals surface area (Å²) < 4.78 is 39.3. The minimum atomic E-state index is -4.23. The average molecular weight is 259 g/mol. The van der Waals surface area contributed by atoms with Crippen molar-refractivity contribution in [2.75, 3.05) is 7.11 Å². The normalized spacial score (nSPS) is 23.7. The second-order valence-electron chi connectivity index (χ2n) is 4.28. The number of hydrogen-bond acceptors (Lipinski definition) is 2. The Morgan fingerprint density at radius 2 is 2.17 bits per heavy atom. The maximum atomic E-state index is 13.1. The quantitative estimate of drug-likeness (QED) is 0.741. The van der Waals surface area contributed by atoms with Crippen LogP contribution < -0.4 is 10.5 Å². The van der Waals surface area contributed by atoms with E-state index >= 15 is 0 Å². The molecule has 18 heavy (non-hydrogen) atoms. The minimum absolute atomic E-state index is 0.124. The fourth-order valence-electron chi connectivity index (χ4n) is 2.14. The maximum absolute atomic E-state index is 13.1. The number of hydroxylamine groups is 1. The van der Waals surface area contributed by atoms with Crippen molar-refractivity contribution in [2.24, 2.45) is 5.41 Å². The van der Waals surface area contributed by atoms with Crippen molar-refractivity contribution < 1.29 is 23.0 Å². The Labute approximate surface area is 103 Å². The van der Waals surface area contributed by atoms with Gasteiger partial charge >= 0.3 is 12.0 Å². The van der Waals surface area contributed by atoms with Gasteiger partial charge in [-0.2, -0.15) is 13.2 Å². The number of amidine groups is 1. The summed E-state index contributed by atoms with van der Waals surface area (Å²) >= 11 is 0. The number of halogens is 3. The van der Waals surface area contributed by atoms with Gasteiger partial charge in [0.05, 0.1) is 24.3 Å². The second-order valence-corrected chi connectivity index (χ2v) is 4.28. The molecule has 0 bridgehead atoms. The van der Waals surface area contributed by atoms with Gasteiger partial charge in [0.1, 0.15) is 0 Å². The van der Waals surface area contributed by atoms with Crippen LogP contribution in [-0.4, -0.2) is 19.1 Å². The first-order valence-corrected chi connectivity index (χ1v) is 5.49. The van der Waals surface area contributed by atoms with Crippen LogP contribution in [0.1, 0.15) is 12.8 Å². The van der Waals surface area contributed by atoms with E-state index in [1.807, 2.05) is 0 Å². The molecule has 0 amide bonds. The van der Waals surface area contributed by atoms with Crippen molar-refractivity contribution in [3.05, 3.63) is 36.1 Å². The van der Waals surface area contributed by atoms with Crippen LogP contribution in [0.2, 0.25) is 0 Å². The summed E-state index contributed by atoms with van der Waals surface area (Å²) in [6.45, 7) is 3.52. The molecule has 0 atom stereocenters. The van der Waals surface area contributed by atoms with E-state index in [2.05, 4.69) is 17.1 Å². The first kappa shape index (κ1) is 12.9. The second kappa shape index (κ2) is 4.28. The van der Waals surface area contributed by atoms with Crippen LogP contribution in [0.15, 0.2) is 36.1 Å². The molecule has 0 unspecified atom stereocenters. The SMILES string of the molecule is C=C/C=C1/C(C2(C(F)(F)F)CC2)=C[NH+]=C1NOC. The molecular weight excluding hydrogens is 245 g/mol. The summed E-state index contributed by atoms with van der Waals surface area (Å²) in [5.41, 5.74) is 1.51. The lowest BCUT2D eigenvalue weighted by Gasteiger charge is -2.20. The Balaban J connectivity index is 2.32. The highest BCUT2D eigenvalue weighted by Gasteiger charge is 2.67. The average Bonchev–Trinajstić information content (AvgIpc) is 3.01. The van der Waals surface area contributed by atoms with Crippen LogP contribution in [-0.2, 0) is 4.84 Å². The molecule has 1 fully saturated rings. The molecule has 2 N–H and O–H groups in total. The predicted molar refractivity (Wildman–Crippen MR) is 60.2 cm³/mol. The molecule has 1 aliphatic carbocycles. The molecule has 2 rings (SSSR count). The van der Waals surface area contributed by atoms with Crippen LogP contribution in [0.5, 0.6) is 0 Å². The van der Waals surface area contributed by atoms with Gasteiger partial charge < -0.3 is 0 Å². The topological polar surface area (TPSA) is 35.2 Å². The maximum Gasteiger partial charge on any atom is 0.398 e. The Morgan fingerprint density at radius 3 is 2.61 bits per heavy atom. The Morgan fingerprint density at radius 1 is 1.50 bits per heavy atom. The van der Waals surface area contributed by atoms with E-state index in [9.17, 15) is 13.2 Å². The summed E-state index contributed by atoms with van der Waals surface area (Å²) in [7, 11) is 1.40. The zero-order valence-electron chi connectivity index (χ0n) is 9.90. The fraction of sp³-hybridized carbons (Fsp3) is 0.417. The third-order valence-electron chi connectivity index (χ3n) is 3.22. The summed E-state index contributed by atoms with van der Waals surface area (Å²) in [5.74, 6) is 0.405. The lowest BCUT2D eigenvalue weighted by molar-refractivity contribution is -0.375. The Kier molecular flexibility index (Phi) is 3.06. The van der Waals surface area contributed by atoms with Crippen molar-refractivity contribution in [3.8, 4) is 0 Å². The lowest BCUT2D eigenvalue weighted by atomic mass is 9.89. The summed E-state index contributed by atoms with van der Waals surface area (Å²) in [6.07, 6.45) is 0.400. The summed E-state index contributed by atoms with van der Waals surface area (Å²) in [6, 6.07) is 0. The highest BCUT2D eigenvalue weighted by Crippen LogP contribution is 2.63. The van der Waals surface area contributed by atoms with Crippen LogP contribution in [0, 0.1) is 5.41 Å². The Bertz CT molecular complexity index is 456. The van der Waals surface area contributed by atoms with Crippen LogP contribution in [0.4, 0.5) is 13.2 Å². The van der Waals surface area contributed by atoms with Gasteiger partial charge in [0.15, 0.2) is 0 Å². The fourth-order valence-corrected chi connectivity index (χ4v) is 2.14. The van der Waals surface area contributed by atoms with E-state index in [4.69, 9.17) is 4.84 Å². The molecule has 0 saturated heterocycles. The standard InChI is InChI=1S/C12H13F3N2O/c1-3-4-8-9(7-16-10(8)17-18-2)11(5-6-11)12(13,14)15/h3-4,7H,1,5-6H2,2H3,(H,16,17)/p+1/b8-4-. The van der Waals surface area contributed by atoms with Gasteiger partial charge in [0.25, 0.3) is 0 Å². The molecule has 0 radical (unpaired) electrons. The molecule has 0 aromatic rings. The molecule has 0 aromatic carbocycles. The molecule has 0 aromatic heterocycles. The van der Waals surface area contributed by atoms with Crippen molar-refractivity contribution in [3.63, 3.8) is 0 Å². The number of nitrogens with one attached hydrogen (secondary N) is 2. The molecule has 1 heterocycles. The van der Waals surface area contributed by atoms with Gasteiger partial charge in [-0.3, -0.25) is 0 Å². The summed E-state index contributed by atoms with van der Waals surface area (Å²) in [5, 5.41) is 0. The van der Waals surface area contributed by atoms with Crippen molar-refractivity contribution in [1.82, 2.24) is 5.48 Å². The summed E-state index contributed by atoms with van der Waals surface area (Å²) in [4.78, 5) is 7.49. The van der Waals surface area contributed by atoms with Gasteiger partial charge in [0, 0.05) is 5.57 Å². The van der Waals surface area contributed by atoms with Gasteiger partial charge in [-0.1, -0.05) is 12.7 Å². The zero-order chi connectivity index (χ0) is 13.4. The predicted octanol–water partition coefficient (Wildman–Crippen LogP) is 0.969. The molecule has 98 valence electrons. The molecule has 3 nitrogen and oxygen atoms in total. The monoisotopic (exact) mass is 259 g/mol. The Hall–Kier alpha value is -1.56. The van der Waals surface area contributed by atoms with Gasteiger partial charge in [-0.15, -0.1) is 5.48 Å². The first-order chi connectivity index (χ1) is 8.46. The minimum Gasteiger partial charge on any atom is -0.245 e. The van der Waals surface area contributed by atoms with E-state index in [0.29, 0.717) is 11.4 Å². The van der Waals surface area contributed by atoms with E-state index in [-0.39, 0.29) is 18.4 Å². The van der Waals surface area contributed by atoms with E-state index in [0.717, 1.165) is 0 Å². The first-order valence-electron chi connectivity index (χ1n) is 5.49. The molecule has 1 saturated carbocycles. The number of allylic oxidation sites excluding steroid dienone is 2. The van der Waals surface area contributed by atoms with E-state index < -0.39 is 11.6 Å². The van der Waals surface area contributed by atoms with Crippen molar-refractivity contribution in [2.45, 2.75) is 19.0 Å². The third-order valence-corrected chi connectivity index (χ3v) is 3.22. The number of hydrogen-bond donors (Lipinski definition) is 2. The van der Waals surface area contributed by atoms with E-state index in [1.165, 1.54) is 19.4 Å². The van der Waals surface area contributed by atoms with E-state index in [1.54, 1.807) is 6.08 Å². The smallest absolute Gasteiger partial charge is 0.245 e. The van der Waals surface area contributed by atoms with Crippen LogP contribution >= 0.6 is 0 Å². The van der Waals surface area contributed by atoms with Gasteiger partial charge in [-0.25, -0.2) is 9.83 Å². The van der Waals surface area contributed by atoms with Crippen LogP contribution in [0.3, 0.4) is 0 Å². The van der Waals surface area contributed by atoms with Crippen LogP contribution in [0.25, 0.3) is 0 Å². The van der Waals surface area contributed by atoms with Gasteiger partial charge in [-0.05, 0) is 18.9 Å². The molecule has 2 aliphatic rings. The van der Waals surface area contributed by atoms with Crippen molar-refractivity contribution >= 4 is 5.84 Å². The van der Waals surface area contributed by atoms with Gasteiger partial charge in [0.2, 0.25) is 0 Å². The molecule has 0 spiro atoms. The largest absolute Gasteiger partial charge is 0.398 e. The molecule has 1 aliphatic heterocycles. The highest BCUT2D eigenvalue weighted by atomic mass is 19.4. The molecule has 6 heteroatoms. The van der Waals surface area contributed by atoms with Crippen molar-refractivity contribution in [1.29, 1.82) is 0 Å². The number of rotatable bonds is 3.